The van der Waals surface area contributed by atoms with Crippen LogP contribution in [0.1, 0.15) is 22.6 Å². The van der Waals surface area contributed by atoms with Crippen molar-refractivity contribution in [1.29, 1.82) is 0 Å². The lowest BCUT2D eigenvalue weighted by atomic mass is 10.1. The summed E-state index contributed by atoms with van der Waals surface area (Å²) in [4.78, 5) is 16.6. The lowest BCUT2D eigenvalue weighted by molar-refractivity contribution is -0.119. The van der Waals surface area contributed by atoms with Gasteiger partial charge in [-0.15, -0.1) is 0 Å². The van der Waals surface area contributed by atoms with Crippen molar-refractivity contribution in [3.8, 4) is 0 Å². The van der Waals surface area contributed by atoms with Gasteiger partial charge in [-0.1, -0.05) is 29.8 Å². The molecule has 0 aliphatic carbocycles. The Morgan fingerprint density at radius 2 is 1.83 bits per heavy atom. The van der Waals surface area contributed by atoms with Crippen LogP contribution in [0.15, 0.2) is 64.2 Å². The molecule has 0 spiro atoms. The van der Waals surface area contributed by atoms with E-state index in [2.05, 4.69) is 10.3 Å². The predicted octanol–water partition coefficient (Wildman–Crippen LogP) is 3.11. The molecule has 3 aromatic rings. The maximum absolute atomic E-state index is 13.4. The third kappa shape index (κ3) is 4.65. The first-order valence-electron chi connectivity index (χ1n) is 9.10. The van der Waals surface area contributed by atoms with Gasteiger partial charge in [-0.2, -0.15) is 0 Å². The standard InChI is InChI=1S/C21H23N3O4S/c1-15-7-9-18(10-8-15)29(26,27)24(19-6-4-5-16(2)17(19)3)14-20(25)23-13-21-22-11-12-28-21/h4-12H,13-14H2,1-3H3,(H,23,25). The largest absolute Gasteiger partial charge is 0.447 e. The van der Waals surface area contributed by atoms with Gasteiger partial charge in [-0.3, -0.25) is 9.10 Å². The zero-order valence-corrected chi connectivity index (χ0v) is 17.4. The van der Waals surface area contributed by atoms with Gasteiger partial charge in [0.1, 0.15) is 12.8 Å². The normalized spacial score (nSPS) is 11.3. The lowest BCUT2D eigenvalue weighted by Gasteiger charge is -2.26. The van der Waals surface area contributed by atoms with Crippen molar-refractivity contribution in [2.45, 2.75) is 32.2 Å². The number of aryl methyl sites for hydroxylation is 2. The molecule has 7 nitrogen and oxygen atoms in total. The maximum Gasteiger partial charge on any atom is 0.264 e. The van der Waals surface area contributed by atoms with Gasteiger partial charge in [0.25, 0.3) is 10.0 Å². The van der Waals surface area contributed by atoms with E-state index in [1.165, 1.54) is 12.5 Å². The van der Waals surface area contributed by atoms with Gasteiger partial charge >= 0.3 is 0 Å². The Labute approximate surface area is 170 Å². The molecule has 3 rings (SSSR count). The molecule has 1 aromatic heterocycles. The highest BCUT2D eigenvalue weighted by Crippen LogP contribution is 2.28. The first-order chi connectivity index (χ1) is 13.8. The Morgan fingerprint density at radius 3 is 2.48 bits per heavy atom. The van der Waals surface area contributed by atoms with Gasteiger partial charge in [0.2, 0.25) is 11.8 Å². The minimum absolute atomic E-state index is 0.0804. The van der Waals surface area contributed by atoms with Crippen LogP contribution in [0.3, 0.4) is 0 Å². The number of sulfonamides is 1. The van der Waals surface area contributed by atoms with E-state index in [0.717, 1.165) is 21.0 Å². The number of aromatic nitrogens is 1. The highest BCUT2D eigenvalue weighted by molar-refractivity contribution is 7.92. The Bertz CT molecular complexity index is 1090. The van der Waals surface area contributed by atoms with Crippen molar-refractivity contribution in [3.63, 3.8) is 0 Å². The van der Waals surface area contributed by atoms with Crippen molar-refractivity contribution in [1.82, 2.24) is 10.3 Å². The third-order valence-corrected chi connectivity index (χ3v) is 6.44. The van der Waals surface area contributed by atoms with Crippen LogP contribution in [0.2, 0.25) is 0 Å². The van der Waals surface area contributed by atoms with Crippen LogP contribution in [0.4, 0.5) is 5.69 Å². The van der Waals surface area contributed by atoms with E-state index >= 15 is 0 Å². The average Bonchev–Trinajstić information content (AvgIpc) is 3.21. The number of carbonyl (C=O) groups is 1. The molecular formula is C21H23N3O4S. The van der Waals surface area contributed by atoms with E-state index in [4.69, 9.17) is 4.42 Å². The molecule has 1 N–H and O–H groups in total. The highest BCUT2D eigenvalue weighted by Gasteiger charge is 2.28. The molecule has 0 aliphatic rings. The fraction of sp³-hybridized carbons (Fsp3) is 0.238. The molecule has 29 heavy (non-hydrogen) atoms. The fourth-order valence-electron chi connectivity index (χ4n) is 2.84. The van der Waals surface area contributed by atoms with Gasteiger partial charge in [0.15, 0.2) is 0 Å². The zero-order chi connectivity index (χ0) is 21.0. The van der Waals surface area contributed by atoms with Crippen molar-refractivity contribution < 1.29 is 17.6 Å². The second-order valence-corrected chi connectivity index (χ2v) is 8.61. The van der Waals surface area contributed by atoms with Gasteiger partial charge in [0.05, 0.1) is 23.3 Å². The molecule has 0 fully saturated rings. The van der Waals surface area contributed by atoms with E-state index in [9.17, 15) is 13.2 Å². The van der Waals surface area contributed by atoms with E-state index in [1.54, 1.807) is 36.4 Å². The summed E-state index contributed by atoms with van der Waals surface area (Å²) in [6, 6.07) is 11.9. The second-order valence-electron chi connectivity index (χ2n) is 6.75. The van der Waals surface area contributed by atoms with Crippen LogP contribution in [-0.4, -0.2) is 25.9 Å². The van der Waals surface area contributed by atoms with Crippen LogP contribution < -0.4 is 9.62 Å². The Morgan fingerprint density at radius 1 is 1.10 bits per heavy atom. The molecular weight excluding hydrogens is 390 g/mol. The number of benzene rings is 2. The molecule has 0 radical (unpaired) electrons. The van der Waals surface area contributed by atoms with Crippen molar-refractivity contribution in [3.05, 3.63) is 77.5 Å². The average molecular weight is 413 g/mol. The number of amides is 1. The number of anilines is 1. The number of carbonyl (C=O) groups excluding carboxylic acids is 1. The smallest absolute Gasteiger partial charge is 0.264 e. The zero-order valence-electron chi connectivity index (χ0n) is 16.5. The molecule has 0 bridgehead atoms. The lowest BCUT2D eigenvalue weighted by Crippen LogP contribution is -2.41. The SMILES string of the molecule is Cc1ccc(S(=O)(=O)N(CC(=O)NCc2ncco2)c2cccc(C)c2C)cc1. The van der Waals surface area contributed by atoms with Crippen molar-refractivity contribution in [2.75, 3.05) is 10.8 Å². The van der Waals surface area contributed by atoms with Crippen LogP contribution in [0, 0.1) is 20.8 Å². The minimum atomic E-state index is -3.94. The van der Waals surface area contributed by atoms with Gasteiger partial charge in [-0.25, -0.2) is 13.4 Å². The monoisotopic (exact) mass is 413 g/mol. The van der Waals surface area contributed by atoms with Gasteiger partial charge < -0.3 is 9.73 Å². The summed E-state index contributed by atoms with van der Waals surface area (Å²) in [5.41, 5.74) is 3.15. The van der Waals surface area contributed by atoms with E-state index in [0.29, 0.717) is 11.6 Å². The first kappa shape index (κ1) is 20.6. The Kier molecular flexibility index (Phi) is 6.03. The summed E-state index contributed by atoms with van der Waals surface area (Å²) in [6.07, 6.45) is 2.89. The Balaban J connectivity index is 1.94. The molecule has 0 saturated carbocycles. The third-order valence-electron chi connectivity index (χ3n) is 4.66. The predicted molar refractivity (Wildman–Crippen MR) is 110 cm³/mol. The molecule has 0 saturated heterocycles. The van der Waals surface area contributed by atoms with E-state index in [-0.39, 0.29) is 18.0 Å². The molecule has 1 heterocycles. The Hall–Kier alpha value is -3.13. The van der Waals surface area contributed by atoms with Gasteiger partial charge in [0, 0.05) is 0 Å². The maximum atomic E-state index is 13.4. The second kappa shape index (κ2) is 8.48. The van der Waals surface area contributed by atoms with Crippen molar-refractivity contribution in [2.24, 2.45) is 0 Å². The molecule has 2 aromatic carbocycles. The molecule has 152 valence electrons. The quantitative estimate of drug-likeness (QED) is 0.642. The highest BCUT2D eigenvalue weighted by atomic mass is 32.2. The molecule has 8 heteroatoms. The fourth-order valence-corrected chi connectivity index (χ4v) is 4.32. The minimum Gasteiger partial charge on any atom is -0.447 e. The summed E-state index contributed by atoms with van der Waals surface area (Å²) in [6.45, 7) is 5.35. The van der Waals surface area contributed by atoms with Crippen LogP contribution in [-0.2, 0) is 21.4 Å². The molecule has 1 amide bonds. The first-order valence-corrected chi connectivity index (χ1v) is 10.5. The van der Waals surface area contributed by atoms with E-state index < -0.39 is 15.9 Å². The molecule has 0 atom stereocenters. The van der Waals surface area contributed by atoms with Gasteiger partial charge in [-0.05, 0) is 50.1 Å². The van der Waals surface area contributed by atoms with Crippen molar-refractivity contribution >= 4 is 21.6 Å². The number of rotatable bonds is 7. The molecule has 0 aliphatic heterocycles. The number of hydrogen-bond donors (Lipinski definition) is 1. The van der Waals surface area contributed by atoms with Crippen LogP contribution in [0.5, 0.6) is 0 Å². The number of nitrogens with one attached hydrogen (secondary N) is 1. The summed E-state index contributed by atoms with van der Waals surface area (Å²) in [5.74, 6) is -0.113. The summed E-state index contributed by atoms with van der Waals surface area (Å²) in [7, 11) is -3.94. The van der Waals surface area contributed by atoms with E-state index in [1.807, 2.05) is 26.8 Å². The number of oxazole rings is 1. The van der Waals surface area contributed by atoms with Crippen LogP contribution >= 0.6 is 0 Å². The molecule has 0 unspecified atom stereocenters. The van der Waals surface area contributed by atoms with Crippen LogP contribution in [0.25, 0.3) is 0 Å². The summed E-state index contributed by atoms with van der Waals surface area (Å²) >= 11 is 0. The number of nitrogens with zero attached hydrogens (tertiary/aromatic N) is 2. The summed E-state index contributed by atoms with van der Waals surface area (Å²) < 4.78 is 33.0. The summed E-state index contributed by atoms with van der Waals surface area (Å²) in [5, 5.41) is 2.65. The number of hydrogen-bond acceptors (Lipinski definition) is 5. The topological polar surface area (TPSA) is 92.5 Å².